The predicted molar refractivity (Wildman–Crippen MR) is 22.0 cm³/mol. The normalized spacial score (nSPS) is 8.57. The molecule has 0 aliphatic rings. The zero-order valence-electron chi connectivity index (χ0n) is 3.54. The van der Waals surface area contributed by atoms with Crippen molar-refractivity contribution in [2.24, 2.45) is 0 Å². The first kappa shape index (κ1) is 7.32. The fourth-order valence-corrected chi connectivity index (χ4v) is 0.518. The summed E-state index contributed by atoms with van der Waals surface area (Å²) in [7, 11) is 0. The Hall–Kier alpha value is 0.320. The monoisotopic (exact) mass is 226 g/mol. The average Bonchev–Trinajstić information content (AvgIpc) is 1.65. The van der Waals surface area contributed by atoms with E-state index in [2.05, 4.69) is 0 Å². The summed E-state index contributed by atoms with van der Waals surface area (Å²) in [6.45, 7) is 0. The van der Waals surface area contributed by atoms with E-state index in [-0.39, 0.29) is 0 Å². The maximum absolute atomic E-state index is 11.4. The molecule has 0 spiro atoms. The van der Waals surface area contributed by atoms with Gasteiger partial charge in [0.25, 0.3) is 0 Å². The second-order valence-electron chi connectivity index (χ2n) is 0.738. The molecule has 0 saturated carbocycles. The third-order valence-corrected chi connectivity index (χ3v) is 1.79. The SMILES string of the molecule is C[Te]C(F)=C(F)F. The van der Waals surface area contributed by atoms with Crippen LogP contribution in [0.3, 0.4) is 0 Å². The topological polar surface area (TPSA) is 0 Å². The van der Waals surface area contributed by atoms with Crippen molar-refractivity contribution < 1.29 is 13.2 Å². The summed E-state index contributed by atoms with van der Waals surface area (Å²) in [4.78, 5) is 1.46. The minimum atomic E-state index is -2.15. The summed E-state index contributed by atoms with van der Waals surface area (Å²) in [6.07, 6.45) is -2.15. The Morgan fingerprint density at radius 3 is 1.71 bits per heavy atom. The van der Waals surface area contributed by atoms with Gasteiger partial charge in [-0.2, -0.15) is 0 Å². The van der Waals surface area contributed by atoms with Crippen LogP contribution < -0.4 is 0 Å². The van der Waals surface area contributed by atoms with Crippen molar-refractivity contribution in [1.82, 2.24) is 0 Å². The van der Waals surface area contributed by atoms with Crippen molar-refractivity contribution in [2.45, 2.75) is 4.97 Å². The summed E-state index contributed by atoms with van der Waals surface area (Å²) in [6, 6.07) is 0. The van der Waals surface area contributed by atoms with Crippen LogP contribution in [0, 0.1) is 0 Å². The van der Waals surface area contributed by atoms with E-state index >= 15 is 0 Å². The number of rotatable bonds is 1. The summed E-state index contributed by atoms with van der Waals surface area (Å²) < 4.78 is 32.2. The van der Waals surface area contributed by atoms with Crippen LogP contribution in [0.2, 0.25) is 4.97 Å². The van der Waals surface area contributed by atoms with Gasteiger partial charge in [-0.05, 0) is 0 Å². The van der Waals surface area contributed by atoms with Gasteiger partial charge in [-0.1, -0.05) is 0 Å². The number of halogens is 3. The minimum absolute atomic E-state index is 1.18. The first-order valence-corrected chi connectivity index (χ1v) is 4.92. The Kier molecular flexibility index (Phi) is 3.49. The van der Waals surface area contributed by atoms with Crippen LogP contribution in [0.15, 0.2) is 9.96 Å². The van der Waals surface area contributed by atoms with E-state index in [0.717, 1.165) is 0 Å². The van der Waals surface area contributed by atoms with Crippen LogP contribution in [0.1, 0.15) is 0 Å². The Morgan fingerprint density at radius 2 is 1.71 bits per heavy atom. The first-order chi connectivity index (χ1) is 3.18. The van der Waals surface area contributed by atoms with Gasteiger partial charge in [-0.15, -0.1) is 0 Å². The molecule has 0 radical (unpaired) electrons. The van der Waals surface area contributed by atoms with Crippen LogP contribution in [0.5, 0.6) is 0 Å². The molecule has 0 N–H and O–H groups in total. The first-order valence-electron chi connectivity index (χ1n) is 1.43. The molecule has 42 valence electrons. The van der Waals surface area contributed by atoms with Crippen LogP contribution in [0.25, 0.3) is 0 Å². The van der Waals surface area contributed by atoms with Gasteiger partial charge in [0.05, 0.1) is 0 Å². The van der Waals surface area contributed by atoms with Gasteiger partial charge in [-0.3, -0.25) is 0 Å². The maximum atomic E-state index is 11.4. The van der Waals surface area contributed by atoms with Gasteiger partial charge in [0.1, 0.15) is 0 Å². The Balaban J connectivity index is 3.72. The quantitative estimate of drug-likeness (QED) is 0.595. The molecule has 0 bridgehead atoms. The number of hydrogen-bond donors (Lipinski definition) is 0. The molecular weight excluding hydrogens is 221 g/mol. The van der Waals surface area contributed by atoms with E-state index in [9.17, 15) is 13.2 Å². The van der Waals surface area contributed by atoms with E-state index in [1.54, 1.807) is 0 Å². The molecule has 4 heteroatoms. The second kappa shape index (κ2) is 3.34. The van der Waals surface area contributed by atoms with E-state index in [1.165, 1.54) is 4.97 Å². The summed E-state index contributed by atoms with van der Waals surface area (Å²) >= 11 is -1.18. The molecule has 0 atom stereocenters. The zero-order chi connectivity index (χ0) is 5.86. The summed E-state index contributed by atoms with van der Waals surface area (Å²) in [5.74, 6) is 0. The van der Waals surface area contributed by atoms with E-state index in [1.807, 2.05) is 0 Å². The fraction of sp³-hybridized carbons (Fsp3) is 0.333. The molecular formula is C3H3F3Te. The van der Waals surface area contributed by atoms with Gasteiger partial charge >= 0.3 is 49.0 Å². The molecule has 0 aliphatic heterocycles. The molecule has 0 aromatic rings. The van der Waals surface area contributed by atoms with Crippen LogP contribution in [0.4, 0.5) is 13.2 Å². The molecule has 0 saturated heterocycles. The zero-order valence-corrected chi connectivity index (χ0v) is 5.87. The standard InChI is InChI=1S/C3H3F3Te/c1-7-3(6)2(4)5/h1H3. The van der Waals surface area contributed by atoms with Crippen molar-refractivity contribution >= 4 is 20.9 Å². The average molecular weight is 224 g/mol. The molecule has 0 nitrogen and oxygen atoms in total. The Bertz CT molecular complexity index is 84.2. The molecule has 0 aliphatic carbocycles. The molecule has 0 fully saturated rings. The van der Waals surface area contributed by atoms with E-state index in [4.69, 9.17) is 0 Å². The third-order valence-electron chi connectivity index (χ3n) is 0.328. The van der Waals surface area contributed by atoms with Crippen molar-refractivity contribution in [3.8, 4) is 0 Å². The predicted octanol–water partition coefficient (Wildman–Crippen LogP) is 1.77. The van der Waals surface area contributed by atoms with Gasteiger partial charge in [0.15, 0.2) is 0 Å². The number of hydrogen-bond acceptors (Lipinski definition) is 0. The van der Waals surface area contributed by atoms with Crippen LogP contribution in [-0.4, -0.2) is 20.9 Å². The summed E-state index contributed by atoms with van der Waals surface area (Å²) in [5.41, 5.74) is 0. The van der Waals surface area contributed by atoms with Gasteiger partial charge < -0.3 is 0 Å². The van der Waals surface area contributed by atoms with Gasteiger partial charge in [-0.25, -0.2) is 0 Å². The Labute approximate surface area is 49.5 Å². The van der Waals surface area contributed by atoms with Gasteiger partial charge in [0.2, 0.25) is 0 Å². The van der Waals surface area contributed by atoms with Crippen molar-refractivity contribution in [1.29, 1.82) is 0 Å². The van der Waals surface area contributed by atoms with Gasteiger partial charge in [0, 0.05) is 0 Å². The van der Waals surface area contributed by atoms with Crippen molar-refractivity contribution in [3.63, 3.8) is 0 Å². The molecule has 0 rings (SSSR count). The van der Waals surface area contributed by atoms with E-state index in [0.29, 0.717) is 0 Å². The molecule has 0 unspecified atom stereocenters. The molecule has 0 amide bonds. The summed E-state index contributed by atoms with van der Waals surface area (Å²) in [5, 5.41) is 0. The molecule has 7 heavy (non-hydrogen) atoms. The third kappa shape index (κ3) is 2.95. The molecule has 0 heterocycles. The van der Waals surface area contributed by atoms with Crippen molar-refractivity contribution in [3.05, 3.63) is 9.96 Å². The Morgan fingerprint density at radius 1 is 1.29 bits per heavy atom. The van der Waals surface area contributed by atoms with Crippen LogP contribution >= 0.6 is 0 Å². The van der Waals surface area contributed by atoms with E-state index < -0.39 is 30.9 Å². The van der Waals surface area contributed by atoms with Crippen LogP contribution in [-0.2, 0) is 0 Å². The fourth-order valence-electron chi connectivity index (χ4n) is 0.0772. The molecule has 0 aromatic carbocycles. The second-order valence-corrected chi connectivity index (χ2v) is 2.93. The van der Waals surface area contributed by atoms with Crippen molar-refractivity contribution in [2.75, 3.05) is 0 Å². The molecule has 0 aromatic heterocycles.